The summed E-state index contributed by atoms with van der Waals surface area (Å²) in [5.41, 5.74) is 4.06. The summed E-state index contributed by atoms with van der Waals surface area (Å²) < 4.78 is 6.76. The van der Waals surface area contributed by atoms with Gasteiger partial charge in [-0.15, -0.1) is 0 Å². The van der Waals surface area contributed by atoms with Crippen LogP contribution < -0.4 is 20.3 Å². The number of nitrogens with one attached hydrogen (secondary N) is 2. The van der Waals surface area contributed by atoms with Crippen molar-refractivity contribution in [3.8, 4) is 5.75 Å². The van der Waals surface area contributed by atoms with Crippen LogP contribution in [0.25, 0.3) is 0 Å². The Morgan fingerprint density at radius 3 is 2.53 bits per heavy atom. The highest BCUT2D eigenvalue weighted by atomic mass is 16.5. The van der Waals surface area contributed by atoms with E-state index in [0.717, 1.165) is 51.4 Å². The fraction of sp³-hybridized carbons (Fsp3) is 0.520. The zero-order chi connectivity index (χ0) is 20.3. The van der Waals surface area contributed by atoms with Crippen molar-refractivity contribution in [1.29, 1.82) is 0 Å². The van der Waals surface area contributed by atoms with Gasteiger partial charge in [0.05, 0.1) is 6.04 Å². The Morgan fingerprint density at radius 1 is 0.933 bits per heavy atom. The Hall–Kier alpha value is -2.08. The second-order valence-corrected chi connectivity index (χ2v) is 8.89. The summed E-state index contributed by atoms with van der Waals surface area (Å²) in [7, 11) is 2.31. The number of piperidine rings is 1. The van der Waals surface area contributed by atoms with Crippen molar-refractivity contribution in [3.05, 3.63) is 59.7 Å². The molecule has 1 aliphatic carbocycles. The number of ether oxygens (including phenoxy) is 1. The second-order valence-electron chi connectivity index (χ2n) is 8.89. The lowest BCUT2D eigenvalue weighted by Gasteiger charge is -2.38. The molecule has 2 heterocycles. The molecule has 5 heteroatoms. The van der Waals surface area contributed by atoms with E-state index in [9.17, 15) is 0 Å². The molecule has 2 aromatic carbocycles. The molecule has 160 valence electrons. The first-order valence-corrected chi connectivity index (χ1v) is 11.5. The van der Waals surface area contributed by atoms with E-state index < -0.39 is 0 Å². The molecular weight excluding hydrogens is 372 g/mol. The van der Waals surface area contributed by atoms with E-state index >= 15 is 0 Å². The van der Waals surface area contributed by atoms with Crippen molar-refractivity contribution in [2.45, 2.75) is 37.5 Å². The van der Waals surface area contributed by atoms with Crippen LogP contribution in [0.15, 0.2) is 48.5 Å². The Morgan fingerprint density at radius 2 is 1.70 bits per heavy atom. The molecule has 0 amide bonds. The van der Waals surface area contributed by atoms with Gasteiger partial charge in [0.1, 0.15) is 11.9 Å². The normalized spacial score (nSPS) is 24.8. The molecule has 5 nitrogen and oxygen atoms in total. The van der Waals surface area contributed by atoms with Crippen LogP contribution in [0.3, 0.4) is 0 Å². The highest BCUT2D eigenvalue weighted by Crippen LogP contribution is 2.39. The second kappa shape index (κ2) is 8.96. The first-order chi connectivity index (χ1) is 14.8. The predicted molar refractivity (Wildman–Crippen MR) is 122 cm³/mol. The summed E-state index contributed by atoms with van der Waals surface area (Å²) in [6.45, 7) is 6.43. The van der Waals surface area contributed by atoms with Gasteiger partial charge in [0.15, 0.2) is 0 Å². The van der Waals surface area contributed by atoms with Crippen LogP contribution >= 0.6 is 0 Å². The predicted octanol–water partition coefficient (Wildman–Crippen LogP) is 2.82. The number of benzene rings is 2. The molecule has 2 N–H and O–H groups in total. The summed E-state index contributed by atoms with van der Waals surface area (Å²) in [6, 6.07) is 18.6. The molecule has 0 unspecified atom stereocenters. The third kappa shape index (κ3) is 4.07. The van der Waals surface area contributed by atoms with Gasteiger partial charge in [-0.1, -0.05) is 30.3 Å². The van der Waals surface area contributed by atoms with Crippen molar-refractivity contribution in [3.63, 3.8) is 0 Å². The Balaban J connectivity index is 1.38. The van der Waals surface area contributed by atoms with Gasteiger partial charge in [0, 0.05) is 44.0 Å². The van der Waals surface area contributed by atoms with Crippen LogP contribution in [0.2, 0.25) is 0 Å². The van der Waals surface area contributed by atoms with Gasteiger partial charge in [0.2, 0.25) is 0 Å². The zero-order valence-electron chi connectivity index (χ0n) is 18.0. The van der Waals surface area contributed by atoms with Gasteiger partial charge in [-0.25, -0.2) is 0 Å². The lowest BCUT2D eigenvalue weighted by atomic mass is 10.0. The zero-order valence-corrected chi connectivity index (χ0v) is 18.0. The van der Waals surface area contributed by atoms with Crippen molar-refractivity contribution in [1.82, 2.24) is 15.5 Å². The third-order valence-corrected chi connectivity index (χ3v) is 7.11. The molecule has 2 saturated heterocycles. The fourth-order valence-electron chi connectivity index (χ4n) is 5.34. The molecule has 0 bridgehead atoms. The highest BCUT2D eigenvalue weighted by molar-refractivity contribution is 5.51. The number of piperazine rings is 1. The molecule has 0 spiro atoms. The number of nitrogens with zero attached hydrogens (tertiary/aromatic N) is 2. The summed E-state index contributed by atoms with van der Waals surface area (Å²) in [6.07, 6.45) is 3.58. The van der Waals surface area contributed by atoms with Gasteiger partial charge in [-0.05, 0) is 62.7 Å². The summed E-state index contributed by atoms with van der Waals surface area (Å²) in [5.74, 6) is 0.983. The molecule has 2 atom stereocenters. The van der Waals surface area contributed by atoms with Crippen LogP contribution in [0, 0.1) is 0 Å². The van der Waals surface area contributed by atoms with Gasteiger partial charge >= 0.3 is 0 Å². The molecule has 0 aromatic heterocycles. The fourth-order valence-corrected chi connectivity index (χ4v) is 5.34. The van der Waals surface area contributed by atoms with E-state index in [1.165, 1.54) is 29.7 Å². The van der Waals surface area contributed by atoms with Gasteiger partial charge in [-0.2, -0.15) is 0 Å². The average Bonchev–Trinajstić information content (AvgIpc) is 3.18. The molecule has 2 aliphatic heterocycles. The number of rotatable bonds is 5. The maximum absolute atomic E-state index is 6.76. The minimum absolute atomic E-state index is 0.0827. The summed E-state index contributed by atoms with van der Waals surface area (Å²) >= 11 is 0. The average molecular weight is 407 g/mol. The first kappa shape index (κ1) is 19.9. The van der Waals surface area contributed by atoms with Crippen molar-refractivity contribution >= 4 is 5.69 Å². The van der Waals surface area contributed by atoms with Crippen molar-refractivity contribution in [2.75, 3.05) is 51.2 Å². The van der Waals surface area contributed by atoms with E-state index in [2.05, 4.69) is 76.0 Å². The van der Waals surface area contributed by atoms with Crippen LogP contribution in [0.1, 0.15) is 30.1 Å². The van der Waals surface area contributed by atoms with E-state index in [1.807, 2.05) is 0 Å². The Kier molecular flexibility index (Phi) is 5.93. The summed E-state index contributed by atoms with van der Waals surface area (Å²) in [5, 5.41) is 6.93. The SMILES string of the molecule is CN(C1CCNCC1)[C@@H]1Cc2ccccc2[C@H]1Oc1cccc(N2CCNCC2)c1. The molecule has 2 fully saturated rings. The van der Waals surface area contributed by atoms with E-state index in [0.29, 0.717) is 12.1 Å². The first-order valence-electron chi connectivity index (χ1n) is 11.5. The number of hydrogen-bond acceptors (Lipinski definition) is 5. The molecule has 0 saturated carbocycles. The van der Waals surface area contributed by atoms with Crippen molar-refractivity contribution < 1.29 is 4.74 Å². The monoisotopic (exact) mass is 406 g/mol. The Bertz CT molecular complexity index is 845. The maximum atomic E-state index is 6.76. The lowest BCUT2D eigenvalue weighted by Crippen LogP contribution is -2.48. The molecular formula is C25H34N4O. The van der Waals surface area contributed by atoms with Crippen LogP contribution in [0.5, 0.6) is 5.75 Å². The van der Waals surface area contributed by atoms with Gasteiger partial charge in [0.25, 0.3) is 0 Å². The molecule has 5 rings (SSSR count). The van der Waals surface area contributed by atoms with Gasteiger partial charge in [-0.3, -0.25) is 4.90 Å². The number of fused-ring (bicyclic) bond motifs is 1. The quantitative estimate of drug-likeness (QED) is 0.799. The third-order valence-electron chi connectivity index (χ3n) is 7.11. The molecule has 0 radical (unpaired) electrons. The minimum Gasteiger partial charge on any atom is -0.484 e. The van der Waals surface area contributed by atoms with Crippen LogP contribution in [-0.2, 0) is 6.42 Å². The number of anilines is 1. The molecule has 2 aromatic rings. The smallest absolute Gasteiger partial charge is 0.140 e. The van der Waals surface area contributed by atoms with E-state index in [1.54, 1.807) is 0 Å². The Labute approximate surface area is 180 Å². The van der Waals surface area contributed by atoms with Crippen LogP contribution in [-0.4, -0.2) is 63.3 Å². The molecule has 30 heavy (non-hydrogen) atoms. The van der Waals surface area contributed by atoms with E-state index in [-0.39, 0.29) is 6.10 Å². The number of hydrogen-bond donors (Lipinski definition) is 2. The van der Waals surface area contributed by atoms with E-state index in [4.69, 9.17) is 4.74 Å². The highest BCUT2D eigenvalue weighted by Gasteiger charge is 2.39. The minimum atomic E-state index is 0.0827. The lowest BCUT2D eigenvalue weighted by molar-refractivity contribution is 0.0570. The van der Waals surface area contributed by atoms with Crippen molar-refractivity contribution in [2.24, 2.45) is 0 Å². The molecule has 3 aliphatic rings. The maximum Gasteiger partial charge on any atom is 0.140 e. The topological polar surface area (TPSA) is 39.8 Å². The number of likely N-dealkylation sites (N-methyl/N-ethyl adjacent to an activating group) is 1. The van der Waals surface area contributed by atoms with Crippen LogP contribution in [0.4, 0.5) is 5.69 Å². The summed E-state index contributed by atoms with van der Waals surface area (Å²) in [4.78, 5) is 5.05. The largest absolute Gasteiger partial charge is 0.484 e. The standard InChI is InChI=1S/C25H34N4O/c1-28(20-9-11-26-12-10-20)24-17-19-5-2-3-8-23(19)25(24)30-22-7-4-6-21(18-22)29-15-13-27-14-16-29/h2-8,18,20,24-27H,9-17H2,1H3/t24-,25-/m1/s1. The van der Waals surface area contributed by atoms with Gasteiger partial charge < -0.3 is 20.3 Å².